The van der Waals surface area contributed by atoms with Gasteiger partial charge in [-0.05, 0) is 23.6 Å². The van der Waals surface area contributed by atoms with Crippen molar-refractivity contribution in [3.63, 3.8) is 0 Å². The number of carbonyl (C=O) groups excluding carboxylic acids is 1. The number of urea groups is 1. The van der Waals surface area contributed by atoms with Gasteiger partial charge in [-0.3, -0.25) is 4.98 Å². The minimum absolute atomic E-state index is 0.0253. The number of benzene rings is 2. The van der Waals surface area contributed by atoms with Crippen molar-refractivity contribution in [2.75, 3.05) is 24.6 Å². The molecule has 0 spiro atoms. The molecule has 4 nitrogen and oxygen atoms in total. The molecule has 2 amide bonds. The van der Waals surface area contributed by atoms with Crippen molar-refractivity contribution in [2.24, 2.45) is 0 Å². The van der Waals surface area contributed by atoms with Crippen LogP contribution in [0.25, 0.3) is 10.9 Å². The molecule has 1 saturated heterocycles. The number of pyridine rings is 1. The van der Waals surface area contributed by atoms with E-state index < -0.39 is 0 Å². The highest BCUT2D eigenvalue weighted by molar-refractivity contribution is 7.99. The summed E-state index contributed by atoms with van der Waals surface area (Å²) in [5, 5.41) is 4.25. The zero-order valence-corrected chi connectivity index (χ0v) is 16.0. The van der Waals surface area contributed by atoms with Crippen LogP contribution in [0.2, 0.25) is 0 Å². The lowest BCUT2D eigenvalue weighted by Gasteiger charge is -2.35. The summed E-state index contributed by atoms with van der Waals surface area (Å²) in [5.74, 6) is 1.94. The normalized spacial score (nSPS) is 17.0. The zero-order valence-electron chi connectivity index (χ0n) is 15.2. The van der Waals surface area contributed by atoms with E-state index in [1.807, 2.05) is 47.1 Å². The molecule has 1 aromatic heterocycles. The Balaban J connectivity index is 1.41. The van der Waals surface area contributed by atoms with Crippen molar-refractivity contribution >= 4 is 28.7 Å². The van der Waals surface area contributed by atoms with Gasteiger partial charge >= 0.3 is 6.03 Å². The molecule has 1 aliphatic heterocycles. The number of aromatic nitrogens is 1. The summed E-state index contributed by atoms with van der Waals surface area (Å²) in [6.07, 6.45) is 2.60. The van der Waals surface area contributed by atoms with E-state index in [2.05, 4.69) is 46.7 Å². The molecule has 0 saturated carbocycles. The minimum atomic E-state index is 0.0253. The molecule has 3 aromatic rings. The lowest BCUT2D eigenvalue weighted by molar-refractivity contribution is 0.183. The van der Waals surface area contributed by atoms with Crippen LogP contribution >= 0.6 is 11.8 Å². The first kappa shape index (κ1) is 17.9. The second-order valence-corrected chi connectivity index (χ2v) is 7.82. The van der Waals surface area contributed by atoms with Gasteiger partial charge in [0.25, 0.3) is 0 Å². The number of hydrogen-bond acceptors (Lipinski definition) is 3. The van der Waals surface area contributed by atoms with Gasteiger partial charge in [-0.2, -0.15) is 11.8 Å². The molecule has 27 heavy (non-hydrogen) atoms. The summed E-state index contributed by atoms with van der Waals surface area (Å²) in [5.41, 5.74) is 3.39. The van der Waals surface area contributed by atoms with Crippen molar-refractivity contribution in [1.29, 1.82) is 0 Å². The number of rotatable bonds is 4. The van der Waals surface area contributed by atoms with Crippen molar-refractivity contribution in [3.05, 3.63) is 78.0 Å². The maximum Gasteiger partial charge on any atom is 0.317 e. The van der Waals surface area contributed by atoms with E-state index in [0.29, 0.717) is 6.54 Å². The molecule has 1 atom stereocenters. The lowest BCUT2D eigenvalue weighted by Crippen LogP contribution is -2.46. The summed E-state index contributed by atoms with van der Waals surface area (Å²) in [6.45, 7) is 1.39. The van der Waals surface area contributed by atoms with Crippen LogP contribution in [-0.2, 0) is 6.42 Å². The molecule has 0 radical (unpaired) electrons. The summed E-state index contributed by atoms with van der Waals surface area (Å²) in [4.78, 5) is 19.3. The van der Waals surface area contributed by atoms with Gasteiger partial charge in [-0.15, -0.1) is 0 Å². The minimum Gasteiger partial charge on any atom is -0.338 e. The number of hydrogen-bond donors (Lipinski definition) is 1. The molecule has 1 aliphatic rings. The largest absolute Gasteiger partial charge is 0.338 e. The van der Waals surface area contributed by atoms with Crippen LogP contribution in [0, 0.1) is 0 Å². The van der Waals surface area contributed by atoms with Gasteiger partial charge in [0.2, 0.25) is 0 Å². The predicted molar refractivity (Wildman–Crippen MR) is 112 cm³/mol. The van der Waals surface area contributed by atoms with Crippen LogP contribution in [0.5, 0.6) is 0 Å². The number of nitrogens with zero attached hydrogens (tertiary/aromatic N) is 2. The molecule has 5 heteroatoms. The van der Waals surface area contributed by atoms with E-state index in [4.69, 9.17) is 0 Å². The molecule has 2 heterocycles. The molecule has 1 unspecified atom stereocenters. The summed E-state index contributed by atoms with van der Waals surface area (Å²) in [6, 6.07) is 20.7. The zero-order chi connectivity index (χ0) is 18.5. The Morgan fingerprint density at radius 3 is 2.85 bits per heavy atom. The Morgan fingerprint density at radius 2 is 1.96 bits per heavy atom. The fraction of sp³-hybridized carbons (Fsp3) is 0.273. The average Bonchev–Trinajstić information content (AvgIpc) is 2.74. The van der Waals surface area contributed by atoms with Gasteiger partial charge in [-0.1, -0.05) is 54.6 Å². The maximum atomic E-state index is 12.8. The van der Waals surface area contributed by atoms with Crippen molar-refractivity contribution in [2.45, 2.75) is 12.5 Å². The second-order valence-electron chi connectivity index (χ2n) is 6.67. The third-order valence-corrected chi connectivity index (χ3v) is 5.98. The molecule has 4 rings (SSSR count). The van der Waals surface area contributed by atoms with E-state index in [9.17, 15) is 4.79 Å². The van der Waals surface area contributed by atoms with Crippen molar-refractivity contribution < 1.29 is 4.79 Å². The molecule has 0 bridgehead atoms. The SMILES string of the molecule is O=C(NCCc1cccc2cccnc12)N1CCSCC1c1ccccc1. The van der Waals surface area contributed by atoms with E-state index in [1.54, 1.807) is 0 Å². The molecular weight excluding hydrogens is 354 g/mol. The van der Waals surface area contributed by atoms with Gasteiger partial charge in [0.05, 0.1) is 11.6 Å². The Labute approximate surface area is 164 Å². The third kappa shape index (κ3) is 4.08. The molecule has 2 aromatic carbocycles. The van der Waals surface area contributed by atoms with Crippen LogP contribution < -0.4 is 5.32 Å². The lowest BCUT2D eigenvalue weighted by atomic mass is 10.1. The van der Waals surface area contributed by atoms with Crippen molar-refractivity contribution in [1.82, 2.24) is 15.2 Å². The molecular formula is C22H23N3OS. The van der Waals surface area contributed by atoms with Gasteiger partial charge in [-0.25, -0.2) is 4.79 Å². The van der Waals surface area contributed by atoms with Gasteiger partial charge in [0, 0.05) is 36.2 Å². The van der Waals surface area contributed by atoms with Crippen molar-refractivity contribution in [3.8, 4) is 0 Å². The Kier molecular flexibility index (Phi) is 5.58. The maximum absolute atomic E-state index is 12.8. The number of amides is 2. The van der Waals surface area contributed by atoms with Crippen LogP contribution in [0.15, 0.2) is 66.9 Å². The summed E-state index contributed by atoms with van der Waals surface area (Å²) >= 11 is 1.91. The fourth-order valence-corrected chi connectivity index (χ4v) is 4.66. The molecule has 138 valence electrons. The van der Waals surface area contributed by atoms with Crippen LogP contribution in [0.3, 0.4) is 0 Å². The number of fused-ring (bicyclic) bond motifs is 1. The van der Waals surface area contributed by atoms with Gasteiger partial charge in [0.1, 0.15) is 0 Å². The molecule has 1 fully saturated rings. The third-order valence-electron chi connectivity index (χ3n) is 4.96. The molecule has 0 aliphatic carbocycles. The number of carbonyl (C=O) groups is 1. The Morgan fingerprint density at radius 1 is 1.11 bits per heavy atom. The topological polar surface area (TPSA) is 45.2 Å². The Bertz CT molecular complexity index is 910. The molecule has 1 N–H and O–H groups in total. The fourth-order valence-electron chi connectivity index (χ4n) is 3.57. The van der Waals surface area contributed by atoms with Gasteiger partial charge in [0.15, 0.2) is 0 Å². The number of nitrogens with one attached hydrogen (secondary N) is 1. The highest BCUT2D eigenvalue weighted by Crippen LogP contribution is 2.29. The van der Waals surface area contributed by atoms with E-state index in [0.717, 1.165) is 35.4 Å². The first-order valence-corrected chi connectivity index (χ1v) is 10.5. The first-order chi connectivity index (χ1) is 13.3. The number of thioether (sulfide) groups is 1. The predicted octanol–water partition coefficient (Wildman–Crippen LogP) is 4.28. The van der Waals surface area contributed by atoms with Crippen LogP contribution in [-0.4, -0.2) is 40.5 Å². The van der Waals surface area contributed by atoms with Gasteiger partial charge < -0.3 is 10.2 Å². The monoisotopic (exact) mass is 377 g/mol. The van der Waals surface area contributed by atoms with Crippen LogP contribution in [0.4, 0.5) is 4.79 Å². The highest BCUT2D eigenvalue weighted by Gasteiger charge is 2.27. The average molecular weight is 378 g/mol. The van der Waals surface area contributed by atoms with Crippen LogP contribution in [0.1, 0.15) is 17.2 Å². The first-order valence-electron chi connectivity index (χ1n) is 9.33. The van der Waals surface area contributed by atoms with E-state index >= 15 is 0 Å². The van der Waals surface area contributed by atoms with E-state index in [-0.39, 0.29) is 12.1 Å². The number of para-hydroxylation sites is 1. The van der Waals surface area contributed by atoms with E-state index in [1.165, 1.54) is 11.1 Å². The standard InChI is InChI=1S/C22H23N3OS/c26-22(25-14-15-27-16-20(25)17-6-2-1-3-7-17)24-13-11-19-9-4-8-18-10-5-12-23-21(18)19/h1-10,12,20H,11,13-16H2,(H,24,26). The highest BCUT2D eigenvalue weighted by atomic mass is 32.2. The second kappa shape index (κ2) is 8.44. The quantitative estimate of drug-likeness (QED) is 0.738. The summed E-state index contributed by atoms with van der Waals surface area (Å²) in [7, 11) is 0. The summed E-state index contributed by atoms with van der Waals surface area (Å²) < 4.78 is 0. The smallest absolute Gasteiger partial charge is 0.317 e. The Hall–Kier alpha value is -2.53.